The Morgan fingerprint density at radius 3 is 2.77 bits per heavy atom. The minimum absolute atomic E-state index is 0.000115. The Balaban J connectivity index is 1.63. The Bertz CT molecular complexity index is 665. The first kappa shape index (κ1) is 23.0. The molecule has 0 spiro atoms. The molecule has 2 unspecified atom stereocenters. The lowest BCUT2D eigenvalue weighted by Crippen LogP contribution is -2.46. The van der Waals surface area contributed by atoms with E-state index < -0.39 is 0 Å². The molecule has 1 aromatic heterocycles. The number of hydrogen-bond donors (Lipinski definition) is 2. The molecule has 0 aromatic carbocycles. The van der Waals surface area contributed by atoms with Gasteiger partial charge < -0.3 is 20.3 Å². The molecular weight excluding hydrogens is 398 g/mol. The summed E-state index contributed by atoms with van der Waals surface area (Å²) < 4.78 is 5.49. The monoisotopic (exact) mass is 435 g/mol. The second-order valence-corrected chi connectivity index (χ2v) is 9.67. The second-order valence-electron chi connectivity index (χ2n) is 8.69. The van der Waals surface area contributed by atoms with Gasteiger partial charge in [-0.15, -0.1) is 11.3 Å². The number of aliphatic imine (C=N–C) groups is 1. The lowest BCUT2D eigenvalue weighted by atomic mass is 9.97. The average molecular weight is 436 g/mol. The van der Waals surface area contributed by atoms with Gasteiger partial charge in [-0.05, 0) is 49.7 Å². The summed E-state index contributed by atoms with van der Waals surface area (Å²) in [6.07, 6.45) is 3.57. The maximum Gasteiger partial charge on any atom is 0.243 e. The van der Waals surface area contributed by atoms with Crippen molar-refractivity contribution in [3.8, 4) is 0 Å². The van der Waals surface area contributed by atoms with Crippen LogP contribution in [-0.4, -0.2) is 81.7 Å². The maximum absolute atomic E-state index is 12.0. The molecule has 1 amide bonds. The normalized spacial score (nSPS) is 22.1. The van der Waals surface area contributed by atoms with Crippen LogP contribution >= 0.6 is 11.3 Å². The van der Waals surface area contributed by atoms with E-state index in [1.807, 2.05) is 11.3 Å². The molecule has 0 aliphatic carbocycles. The molecule has 2 N–H and O–H groups in total. The maximum atomic E-state index is 12.0. The highest BCUT2D eigenvalue weighted by atomic mass is 32.1. The van der Waals surface area contributed by atoms with Crippen LogP contribution in [0.5, 0.6) is 0 Å². The fourth-order valence-electron chi connectivity index (χ4n) is 3.87. The van der Waals surface area contributed by atoms with Crippen LogP contribution in [0, 0.1) is 11.8 Å². The van der Waals surface area contributed by atoms with Gasteiger partial charge in [0, 0.05) is 44.6 Å². The van der Waals surface area contributed by atoms with E-state index in [1.54, 1.807) is 19.0 Å². The molecular formula is C22H37N5O2S. The van der Waals surface area contributed by atoms with Crippen LogP contribution in [-0.2, 0) is 9.53 Å². The smallest absolute Gasteiger partial charge is 0.243 e. The molecule has 2 saturated heterocycles. The van der Waals surface area contributed by atoms with E-state index in [1.165, 1.54) is 17.7 Å². The molecule has 168 valence electrons. The van der Waals surface area contributed by atoms with Gasteiger partial charge in [0.1, 0.15) is 6.54 Å². The predicted molar refractivity (Wildman–Crippen MR) is 123 cm³/mol. The number of ether oxygens (including phenoxy) is 1. The molecule has 0 bridgehead atoms. The Hall–Kier alpha value is -1.64. The number of thiophene rings is 1. The molecule has 2 fully saturated rings. The molecule has 3 rings (SSSR count). The Labute approximate surface area is 184 Å². The van der Waals surface area contributed by atoms with Crippen LogP contribution in [0.1, 0.15) is 37.1 Å². The van der Waals surface area contributed by atoms with E-state index >= 15 is 0 Å². The standard InChI is InChI=1S/C22H37N5O2S/c1-17-6-9-27(10-7-17)19(20-5-4-12-30-20)14-24-22(25-15-21(28)26(2)3)23-13-18-8-11-29-16-18/h4-5,12,17-19H,6-11,13-16H2,1-3H3,(H2,23,24,25). The minimum Gasteiger partial charge on any atom is -0.381 e. The summed E-state index contributed by atoms with van der Waals surface area (Å²) >= 11 is 1.81. The lowest BCUT2D eigenvalue weighted by Gasteiger charge is -2.36. The molecule has 3 heterocycles. The largest absolute Gasteiger partial charge is 0.381 e. The van der Waals surface area contributed by atoms with Crippen molar-refractivity contribution in [2.45, 2.75) is 32.2 Å². The molecule has 2 aliphatic heterocycles. The van der Waals surface area contributed by atoms with Crippen LogP contribution in [0.4, 0.5) is 0 Å². The number of likely N-dealkylation sites (tertiary alicyclic amines) is 1. The first-order valence-electron chi connectivity index (χ1n) is 11.1. The van der Waals surface area contributed by atoms with E-state index in [0.717, 1.165) is 51.7 Å². The van der Waals surface area contributed by atoms with Crippen molar-refractivity contribution in [3.63, 3.8) is 0 Å². The molecule has 7 nitrogen and oxygen atoms in total. The van der Waals surface area contributed by atoms with Gasteiger partial charge in [-0.2, -0.15) is 0 Å². The molecule has 1 aromatic rings. The highest BCUT2D eigenvalue weighted by molar-refractivity contribution is 7.10. The van der Waals surface area contributed by atoms with Gasteiger partial charge in [-0.3, -0.25) is 9.69 Å². The predicted octanol–water partition coefficient (Wildman–Crippen LogP) is 2.18. The van der Waals surface area contributed by atoms with Crippen molar-refractivity contribution in [2.75, 3.05) is 60.0 Å². The first-order valence-corrected chi connectivity index (χ1v) is 12.0. The quantitative estimate of drug-likeness (QED) is 0.484. The Morgan fingerprint density at radius 1 is 1.33 bits per heavy atom. The zero-order valence-electron chi connectivity index (χ0n) is 18.6. The average Bonchev–Trinajstić information content (AvgIpc) is 3.44. The molecule has 8 heteroatoms. The summed E-state index contributed by atoms with van der Waals surface area (Å²) in [5.41, 5.74) is 0. The number of carbonyl (C=O) groups is 1. The summed E-state index contributed by atoms with van der Waals surface area (Å²) in [5.74, 6) is 2.02. The number of hydrogen-bond acceptors (Lipinski definition) is 5. The fraction of sp³-hybridized carbons (Fsp3) is 0.727. The summed E-state index contributed by atoms with van der Waals surface area (Å²) in [7, 11) is 3.52. The van der Waals surface area contributed by atoms with E-state index in [9.17, 15) is 4.79 Å². The van der Waals surface area contributed by atoms with E-state index in [4.69, 9.17) is 4.74 Å². The zero-order valence-corrected chi connectivity index (χ0v) is 19.4. The van der Waals surface area contributed by atoms with Gasteiger partial charge in [-0.25, -0.2) is 4.99 Å². The molecule has 0 saturated carbocycles. The first-order chi connectivity index (χ1) is 14.5. The van der Waals surface area contributed by atoms with Crippen molar-refractivity contribution >= 4 is 23.2 Å². The number of piperidine rings is 1. The molecule has 0 radical (unpaired) electrons. The number of nitrogens with one attached hydrogen (secondary N) is 2. The van der Waals surface area contributed by atoms with E-state index in [2.05, 4.69) is 45.0 Å². The van der Waals surface area contributed by atoms with Gasteiger partial charge in [0.05, 0.1) is 12.6 Å². The van der Waals surface area contributed by atoms with Gasteiger partial charge in [0.15, 0.2) is 5.96 Å². The van der Waals surface area contributed by atoms with Gasteiger partial charge in [0.25, 0.3) is 0 Å². The third kappa shape index (κ3) is 6.96. The highest BCUT2D eigenvalue weighted by Gasteiger charge is 2.26. The van der Waals surface area contributed by atoms with Crippen molar-refractivity contribution in [2.24, 2.45) is 16.8 Å². The topological polar surface area (TPSA) is 69.2 Å². The van der Waals surface area contributed by atoms with Crippen LogP contribution in [0.15, 0.2) is 22.5 Å². The van der Waals surface area contributed by atoms with Crippen molar-refractivity contribution in [1.29, 1.82) is 0 Å². The number of carbonyl (C=O) groups excluding carboxylic acids is 1. The van der Waals surface area contributed by atoms with Crippen LogP contribution < -0.4 is 10.6 Å². The number of likely N-dealkylation sites (N-methyl/N-ethyl adjacent to an activating group) is 1. The third-order valence-electron chi connectivity index (χ3n) is 6.05. The van der Waals surface area contributed by atoms with Crippen molar-refractivity contribution in [3.05, 3.63) is 22.4 Å². The van der Waals surface area contributed by atoms with Crippen molar-refractivity contribution in [1.82, 2.24) is 20.4 Å². The summed E-state index contributed by atoms with van der Waals surface area (Å²) in [6, 6.07) is 4.68. The third-order valence-corrected chi connectivity index (χ3v) is 7.02. The molecule has 2 atom stereocenters. The fourth-order valence-corrected chi connectivity index (χ4v) is 4.73. The van der Waals surface area contributed by atoms with E-state index in [0.29, 0.717) is 17.9 Å². The Morgan fingerprint density at radius 2 is 2.13 bits per heavy atom. The van der Waals surface area contributed by atoms with Crippen molar-refractivity contribution < 1.29 is 9.53 Å². The minimum atomic E-state index is 0.000115. The van der Waals surface area contributed by atoms with Gasteiger partial charge in [0.2, 0.25) is 5.91 Å². The SMILES string of the molecule is CC1CCN(C(CNC(=NCC(=O)N(C)C)NCC2CCOC2)c2cccs2)CC1. The highest BCUT2D eigenvalue weighted by Crippen LogP contribution is 2.29. The van der Waals surface area contributed by atoms with Crippen LogP contribution in [0.2, 0.25) is 0 Å². The summed E-state index contributed by atoms with van der Waals surface area (Å²) in [4.78, 5) is 22.2. The summed E-state index contributed by atoms with van der Waals surface area (Å²) in [5, 5.41) is 9.12. The van der Waals surface area contributed by atoms with E-state index in [-0.39, 0.29) is 12.5 Å². The number of rotatable bonds is 8. The number of nitrogens with zero attached hydrogens (tertiary/aromatic N) is 3. The van der Waals surface area contributed by atoms with Crippen LogP contribution in [0.3, 0.4) is 0 Å². The van der Waals surface area contributed by atoms with Crippen LogP contribution in [0.25, 0.3) is 0 Å². The second kappa shape index (κ2) is 11.7. The lowest BCUT2D eigenvalue weighted by molar-refractivity contribution is -0.127. The Kier molecular flexibility index (Phi) is 8.96. The molecule has 30 heavy (non-hydrogen) atoms. The zero-order chi connectivity index (χ0) is 21.3. The number of amides is 1. The molecule has 2 aliphatic rings. The van der Waals surface area contributed by atoms with Gasteiger partial charge in [-0.1, -0.05) is 13.0 Å². The number of guanidine groups is 1. The summed E-state index contributed by atoms with van der Waals surface area (Å²) in [6.45, 7) is 7.96. The van der Waals surface area contributed by atoms with Gasteiger partial charge >= 0.3 is 0 Å².